The molecule has 0 aliphatic heterocycles. The number of aryl methyl sites for hydroxylation is 1. The van der Waals surface area contributed by atoms with Crippen molar-refractivity contribution in [2.75, 3.05) is 0 Å². The van der Waals surface area contributed by atoms with Crippen LogP contribution in [-0.2, 0) is 11.8 Å². The number of hydrogen-bond donors (Lipinski definition) is 3. The Morgan fingerprint density at radius 3 is 2.62 bits per heavy atom. The average Bonchev–Trinajstić information content (AvgIpc) is 2.82. The lowest BCUT2D eigenvalue weighted by molar-refractivity contribution is -0.139. The summed E-state index contributed by atoms with van der Waals surface area (Å²) in [7, 11) is 1.69. The van der Waals surface area contributed by atoms with Crippen LogP contribution in [0.4, 0.5) is 4.79 Å². The predicted octanol–water partition coefficient (Wildman–Crippen LogP) is 1.81. The lowest BCUT2D eigenvalue weighted by atomic mass is 10.1. The second-order valence-corrected chi connectivity index (χ2v) is 5.23. The zero-order valence-electron chi connectivity index (χ0n) is 12.8. The highest BCUT2D eigenvalue weighted by molar-refractivity contribution is 5.83. The van der Waals surface area contributed by atoms with E-state index < -0.39 is 18.0 Å². The van der Waals surface area contributed by atoms with Crippen LogP contribution in [0, 0.1) is 0 Å². The molecule has 0 aliphatic carbocycles. The third-order valence-corrected chi connectivity index (χ3v) is 3.20. The van der Waals surface area contributed by atoms with Gasteiger partial charge in [-0.05, 0) is 13.3 Å². The van der Waals surface area contributed by atoms with Gasteiger partial charge < -0.3 is 15.7 Å². The Labute approximate surface area is 124 Å². The van der Waals surface area contributed by atoms with Crippen LogP contribution in [0.15, 0.2) is 12.4 Å². The van der Waals surface area contributed by atoms with Gasteiger partial charge in [0.05, 0.1) is 6.20 Å². The Hall–Kier alpha value is -2.05. The molecule has 21 heavy (non-hydrogen) atoms. The van der Waals surface area contributed by atoms with Crippen LogP contribution < -0.4 is 10.6 Å². The molecular weight excluding hydrogens is 272 g/mol. The molecule has 0 fully saturated rings. The molecule has 0 saturated carbocycles. The Morgan fingerprint density at radius 2 is 2.10 bits per heavy atom. The fraction of sp³-hybridized carbons (Fsp3) is 0.643. The number of aliphatic carboxylic acids is 1. The van der Waals surface area contributed by atoms with Gasteiger partial charge in [0.2, 0.25) is 0 Å². The van der Waals surface area contributed by atoms with Crippen LogP contribution in [0.25, 0.3) is 0 Å². The van der Waals surface area contributed by atoms with Crippen LogP contribution in [0.1, 0.15) is 51.1 Å². The molecule has 0 spiro atoms. The second kappa shape index (κ2) is 8.28. The van der Waals surface area contributed by atoms with E-state index >= 15 is 0 Å². The van der Waals surface area contributed by atoms with E-state index in [1.807, 2.05) is 6.92 Å². The first-order valence-electron chi connectivity index (χ1n) is 7.22. The van der Waals surface area contributed by atoms with E-state index in [1.54, 1.807) is 13.2 Å². The van der Waals surface area contributed by atoms with Crippen LogP contribution in [0.5, 0.6) is 0 Å². The molecule has 1 aromatic heterocycles. The first-order chi connectivity index (χ1) is 9.93. The van der Waals surface area contributed by atoms with Gasteiger partial charge in [-0.1, -0.05) is 26.2 Å². The van der Waals surface area contributed by atoms with Crippen molar-refractivity contribution in [1.29, 1.82) is 0 Å². The molecule has 7 heteroatoms. The number of carbonyl (C=O) groups excluding carboxylic acids is 1. The van der Waals surface area contributed by atoms with Gasteiger partial charge in [0.25, 0.3) is 0 Å². The first-order valence-corrected chi connectivity index (χ1v) is 7.22. The molecule has 7 nitrogen and oxygen atoms in total. The summed E-state index contributed by atoms with van der Waals surface area (Å²) in [5.41, 5.74) is 0.443. The molecule has 0 bridgehead atoms. The van der Waals surface area contributed by atoms with E-state index in [2.05, 4.69) is 22.7 Å². The Balaban J connectivity index is 2.52. The summed E-state index contributed by atoms with van der Waals surface area (Å²) in [6.07, 6.45) is 7.18. The van der Waals surface area contributed by atoms with E-state index in [4.69, 9.17) is 0 Å². The Kier molecular flexibility index (Phi) is 6.71. The van der Waals surface area contributed by atoms with Crippen molar-refractivity contribution in [2.45, 2.75) is 51.6 Å². The van der Waals surface area contributed by atoms with E-state index in [0.29, 0.717) is 5.56 Å². The standard InChI is InChI=1S/C14H24N4O3/c1-4-5-6-7-10(2)16-14(21)17-12(13(19)20)11-8-15-18(3)9-11/h8-10,12H,4-7H2,1-3H3,(H,19,20)(H2,16,17,21). The van der Waals surface area contributed by atoms with Gasteiger partial charge in [-0.2, -0.15) is 5.10 Å². The summed E-state index contributed by atoms with van der Waals surface area (Å²) in [6.45, 7) is 4.03. The molecule has 3 N–H and O–H groups in total. The fourth-order valence-corrected chi connectivity index (χ4v) is 2.05. The first kappa shape index (κ1) is 17.0. The van der Waals surface area contributed by atoms with Crippen molar-refractivity contribution in [3.8, 4) is 0 Å². The maximum absolute atomic E-state index is 11.9. The molecular formula is C14H24N4O3. The normalized spacial score (nSPS) is 13.5. The zero-order valence-corrected chi connectivity index (χ0v) is 12.8. The van der Waals surface area contributed by atoms with Gasteiger partial charge >= 0.3 is 12.0 Å². The lowest BCUT2D eigenvalue weighted by Gasteiger charge is -2.17. The fourth-order valence-electron chi connectivity index (χ4n) is 2.05. The van der Waals surface area contributed by atoms with E-state index in [-0.39, 0.29) is 6.04 Å². The molecule has 0 saturated heterocycles. The van der Waals surface area contributed by atoms with Crippen molar-refractivity contribution in [3.63, 3.8) is 0 Å². The topological polar surface area (TPSA) is 96.2 Å². The molecule has 0 aliphatic rings. The summed E-state index contributed by atoms with van der Waals surface area (Å²) < 4.78 is 1.50. The number of unbranched alkanes of at least 4 members (excludes halogenated alkanes) is 2. The lowest BCUT2D eigenvalue weighted by Crippen LogP contribution is -2.44. The maximum Gasteiger partial charge on any atom is 0.331 e. The van der Waals surface area contributed by atoms with Gasteiger partial charge in [-0.15, -0.1) is 0 Å². The summed E-state index contributed by atoms with van der Waals surface area (Å²) in [4.78, 5) is 23.1. The van der Waals surface area contributed by atoms with E-state index in [9.17, 15) is 14.7 Å². The zero-order chi connectivity index (χ0) is 15.8. The molecule has 2 unspecified atom stereocenters. The molecule has 1 rings (SSSR count). The average molecular weight is 296 g/mol. The largest absolute Gasteiger partial charge is 0.479 e. The van der Waals surface area contributed by atoms with Gasteiger partial charge in [-0.25, -0.2) is 9.59 Å². The number of carboxylic acid groups (broad SMARTS) is 1. The summed E-state index contributed by atoms with van der Waals surface area (Å²) in [5, 5.41) is 18.4. The highest BCUT2D eigenvalue weighted by Crippen LogP contribution is 2.12. The Bertz CT molecular complexity index is 473. The van der Waals surface area contributed by atoms with Crippen LogP contribution in [0.3, 0.4) is 0 Å². The maximum atomic E-state index is 11.9. The van der Waals surface area contributed by atoms with Gasteiger partial charge in [0, 0.05) is 24.8 Å². The monoisotopic (exact) mass is 296 g/mol. The van der Waals surface area contributed by atoms with Crippen LogP contribution in [-0.4, -0.2) is 32.9 Å². The third-order valence-electron chi connectivity index (χ3n) is 3.20. The minimum absolute atomic E-state index is 0.0138. The quantitative estimate of drug-likeness (QED) is 0.637. The second-order valence-electron chi connectivity index (χ2n) is 5.23. The van der Waals surface area contributed by atoms with Crippen molar-refractivity contribution in [2.24, 2.45) is 7.05 Å². The molecule has 118 valence electrons. The van der Waals surface area contributed by atoms with E-state index in [1.165, 1.54) is 10.9 Å². The highest BCUT2D eigenvalue weighted by Gasteiger charge is 2.23. The van der Waals surface area contributed by atoms with Gasteiger partial charge in [0.15, 0.2) is 6.04 Å². The van der Waals surface area contributed by atoms with Crippen LogP contribution >= 0.6 is 0 Å². The number of carboxylic acids is 1. The van der Waals surface area contributed by atoms with Crippen molar-refractivity contribution >= 4 is 12.0 Å². The van der Waals surface area contributed by atoms with Gasteiger partial charge in [0.1, 0.15) is 0 Å². The number of amides is 2. The van der Waals surface area contributed by atoms with Crippen molar-refractivity contribution < 1.29 is 14.7 Å². The number of nitrogens with zero attached hydrogens (tertiary/aromatic N) is 2. The minimum atomic E-state index is -1.11. The SMILES string of the molecule is CCCCCC(C)NC(=O)NC(C(=O)O)c1cnn(C)c1. The number of nitrogens with one attached hydrogen (secondary N) is 2. The molecule has 1 aromatic rings. The summed E-state index contributed by atoms with van der Waals surface area (Å²) >= 11 is 0. The van der Waals surface area contributed by atoms with E-state index in [0.717, 1.165) is 25.7 Å². The van der Waals surface area contributed by atoms with Gasteiger partial charge in [-0.3, -0.25) is 4.68 Å². The molecule has 2 atom stereocenters. The number of carbonyl (C=O) groups is 2. The molecule has 0 aromatic carbocycles. The van der Waals surface area contributed by atoms with Crippen molar-refractivity contribution in [3.05, 3.63) is 18.0 Å². The molecule has 2 amide bonds. The number of aromatic nitrogens is 2. The summed E-state index contributed by atoms with van der Waals surface area (Å²) in [6, 6.07) is -1.56. The molecule has 1 heterocycles. The predicted molar refractivity (Wildman–Crippen MR) is 78.9 cm³/mol. The Morgan fingerprint density at radius 1 is 1.38 bits per heavy atom. The van der Waals surface area contributed by atoms with Crippen LogP contribution in [0.2, 0.25) is 0 Å². The summed E-state index contributed by atoms with van der Waals surface area (Å²) in [5.74, 6) is -1.11. The number of rotatable bonds is 8. The molecule has 0 radical (unpaired) electrons. The smallest absolute Gasteiger partial charge is 0.331 e. The van der Waals surface area contributed by atoms with Crippen molar-refractivity contribution in [1.82, 2.24) is 20.4 Å². The highest BCUT2D eigenvalue weighted by atomic mass is 16.4. The minimum Gasteiger partial charge on any atom is -0.479 e. The number of urea groups is 1. The third kappa shape index (κ3) is 5.85. The number of hydrogen-bond acceptors (Lipinski definition) is 3.